The van der Waals surface area contributed by atoms with E-state index in [0.29, 0.717) is 5.69 Å². The lowest BCUT2D eigenvalue weighted by molar-refractivity contribution is 0.413. The van der Waals surface area contributed by atoms with Crippen LogP contribution in [0.4, 0.5) is 0 Å². The van der Waals surface area contributed by atoms with Gasteiger partial charge in [-0.05, 0) is 37.1 Å². The monoisotopic (exact) mass is 239 g/mol. The van der Waals surface area contributed by atoms with Crippen LogP contribution in [0.5, 0.6) is 5.75 Å². The number of nitrogens with zero attached hydrogens (tertiary/aromatic N) is 3. The molecule has 0 aliphatic carbocycles. The average molecular weight is 239 g/mol. The maximum atomic E-state index is 8.84. The van der Waals surface area contributed by atoms with Crippen LogP contribution in [-0.2, 0) is 0 Å². The van der Waals surface area contributed by atoms with Gasteiger partial charge in [-0.3, -0.25) is 0 Å². The van der Waals surface area contributed by atoms with E-state index in [0.717, 1.165) is 22.4 Å². The van der Waals surface area contributed by atoms with Crippen LogP contribution in [0.15, 0.2) is 24.4 Å². The first-order valence-electron chi connectivity index (χ1n) is 5.54. The van der Waals surface area contributed by atoms with Gasteiger partial charge in [0.25, 0.3) is 0 Å². The SMILES string of the molecule is COc1c(C)cc(C)cc1-c1ccnc(C#N)n1. The van der Waals surface area contributed by atoms with E-state index in [1.807, 2.05) is 26.0 Å². The van der Waals surface area contributed by atoms with Crippen LogP contribution in [0, 0.1) is 25.2 Å². The first-order chi connectivity index (χ1) is 8.65. The topological polar surface area (TPSA) is 58.8 Å². The van der Waals surface area contributed by atoms with E-state index in [1.165, 1.54) is 0 Å². The first-order valence-corrected chi connectivity index (χ1v) is 5.54. The van der Waals surface area contributed by atoms with Crippen molar-refractivity contribution in [1.82, 2.24) is 9.97 Å². The molecule has 0 radical (unpaired) electrons. The van der Waals surface area contributed by atoms with Gasteiger partial charge in [0.05, 0.1) is 12.8 Å². The molecule has 0 saturated carbocycles. The van der Waals surface area contributed by atoms with E-state index < -0.39 is 0 Å². The Labute approximate surface area is 106 Å². The number of hydrogen-bond acceptors (Lipinski definition) is 4. The fourth-order valence-corrected chi connectivity index (χ4v) is 1.98. The third-order valence-corrected chi connectivity index (χ3v) is 2.65. The van der Waals surface area contributed by atoms with Crippen LogP contribution in [0.2, 0.25) is 0 Å². The smallest absolute Gasteiger partial charge is 0.232 e. The third-order valence-electron chi connectivity index (χ3n) is 2.65. The van der Waals surface area contributed by atoms with Crippen molar-refractivity contribution in [3.05, 3.63) is 41.3 Å². The lowest BCUT2D eigenvalue weighted by Gasteiger charge is -2.12. The highest BCUT2D eigenvalue weighted by Crippen LogP contribution is 2.32. The Hall–Kier alpha value is -2.41. The van der Waals surface area contributed by atoms with Gasteiger partial charge in [-0.25, -0.2) is 9.97 Å². The van der Waals surface area contributed by atoms with Gasteiger partial charge in [-0.1, -0.05) is 6.07 Å². The minimum Gasteiger partial charge on any atom is -0.496 e. The van der Waals surface area contributed by atoms with Gasteiger partial charge in [0.1, 0.15) is 11.8 Å². The molecular weight excluding hydrogens is 226 g/mol. The van der Waals surface area contributed by atoms with Gasteiger partial charge in [0, 0.05) is 11.8 Å². The van der Waals surface area contributed by atoms with Gasteiger partial charge in [0.2, 0.25) is 5.82 Å². The van der Waals surface area contributed by atoms with Crippen LogP contribution in [0.3, 0.4) is 0 Å². The summed E-state index contributed by atoms with van der Waals surface area (Å²) in [4.78, 5) is 8.07. The molecule has 0 fully saturated rings. The van der Waals surface area contributed by atoms with Crippen LogP contribution >= 0.6 is 0 Å². The summed E-state index contributed by atoms with van der Waals surface area (Å²) in [5.74, 6) is 0.942. The minimum atomic E-state index is 0.161. The van der Waals surface area contributed by atoms with E-state index >= 15 is 0 Å². The molecule has 4 heteroatoms. The third kappa shape index (κ3) is 2.16. The van der Waals surface area contributed by atoms with Gasteiger partial charge in [-0.2, -0.15) is 5.26 Å². The second-order valence-electron chi connectivity index (χ2n) is 4.04. The maximum Gasteiger partial charge on any atom is 0.232 e. The van der Waals surface area contributed by atoms with E-state index in [-0.39, 0.29) is 5.82 Å². The molecule has 2 rings (SSSR count). The molecule has 4 nitrogen and oxygen atoms in total. The van der Waals surface area contributed by atoms with Crippen molar-refractivity contribution in [3.63, 3.8) is 0 Å². The van der Waals surface area contributed by atoms with Crippen molar-refractivity contribution >= 4 is 0 Å². The Morgan fingerprint density at radius 1 is 1.28 bits per heavy atom. The number of ether oxygens (including phenoxy) is 1. The van der Waals surface area contributed by atoms with Crippen molar-refractivity contribution in [3.8, 4) is 23.1 Å². The summed E-state index contributed by atoms with van der Waals surface area (Å²) in [6.07, 6.45) is 1.58. The molecule has 0 N–H and O–H groups in total. The molecule has 0 unspecified atom stereocenters. The van der Waals surface area contributed by atoms with E-state index in [4.69, 9.17) is 10.00 Å². The molecule has 0 amide bonds. The summed E-state index contributed by atoms with van der Waals surface area (Å²) in [6.45, 7) is 4.00. The Morgan fingerprint density at radius 3 is 2.72 bits per heavy atom. The summed E-state index contributed by atoms with van der Waals surface area (Å²) in [6, 6.07) is 7.76. The Balaban J connectivity index is 2.66. The Morgan fingerprint density at radius 2 is 2.06 bits per heavy atom. The van der Waals surface area contributed by atoms with E-state index in [9.17, 15) is 0 Å². The molecule has 0 spiro atoms. The second-order valence-corrected chi connectivity index (χ2v) is 4.04. The summed E-state index contributed by atoms with van der Waals surface area (Å²) in [5, 5.41) is 8.84. The molecule has 1 aromatic carbocycles. The zero-order valence-corrected chi connectivity index (χ0v) is 10.6. The summed E-state index contributed by atoms with van der Waals surface area (Å²) < 4.78 is 5.42. The van der Waals surface area contributed by atoms with Gasteiger partial charge < -0.3 is 4.74 Å². The number of aromatic nitrogens is 2. The van der Waals surface area contributed by atoms with Crippen LogP contribution in [0.1, 0.15) is 17.0 Å². The lowest BCUT2D eigenvalue weighted by atomic mass is 10.0. The Kier molecular flexibility index (Phi) is 3.24. The average Bonchev–Trinajstić information content (AvgIpc) is 2.38. The van der Waals surface area contributed by atoms with E-state index in [2.05, 4.69) is 16.0 Å². The second kappa shape index (κ2) is 4.84. The molecule has 0 bridgehead atoms. The van der Waals surface area contributed by atoms with Gasteiger partial charge >= 0.3 is 0 Å². The molecule has 0 atom stereocenters. The maximum absolute atomic E-state index is 8.84. The highest BCUT2D eigenvalue weighted by atomic mass is 16.5. The predicted octanol–water partition coefficient (Wildman–Crippen LogP) is 2.64. The molecule has 2 aromatic rings. The van der Waals surface area contributed by atoms with Crippen molar-refractivity contribution in [2.45, 2.75) is 13.8 Å². The summed E-state index contributed by atoms with van der Waals surface area (Å²) in [7, 11) is 1.63. The fraction of sp³-hybridized carbons (Fsp3) is 0.214. The van der Waals surface area contributed by atoms with Crippen LogP contribution < -0.4 is 4.74 Å². The highest BCUT2D eigenvalue weighted by Gasteiger charge is 2.11. The molecule has 18 heavy (non-hydrogen) atoms. The molecule has 0 saturated heterocycles. The van der Waals surface area contributed by atoms with Crippen molar-refractivity contribution in [1.29, 1.82) is 5.26 Å². The molecule has 90 valence electrons. The Bertz CT molecular complexity index is 629. The number of hydrogen-bond donors (Lipinski definition) is 0. The largest absolute Gasteiger partial charge is 0.496 e. The highest BCUT2D eigenvalue weighted by molar-refractivity contribution is 5.70. The molecule has 1 heterocycles. The summed E-state index contributed by atoms with van der Waals surface area (Å²) >= 11 is 0. The van der Waals surface area contributed by atoms with E-state index in [1.54, 1.807) is 19.4 Å². The van der Waals surface area contributed by atoms with Crippen LogP contribution in [0.25, 0.3) is 11.3 Å². The molecule has 1 aromatic heterocycles. The lowest BCUT2D eigenvalue weighted by Crippen LogP contribution is -1.96. The quantitative estimate of drug-likeness (QED) is 0.808. The van der Waals surface area contributed by atoms with Gasteiger partial charge in [0.15, 0.2) is 0 Å². The number of aryl methyl sites for hydroxylation is 2. The van der Waals surface area contributed by atoms with Crippen molar-refractivity contribution < 1.29 is 4.74 Å². The zero-order valence-electron chi connectivity index (χ0n) is 10.6. The molecular formula is C14H13N3O. The number of benzene rings is 1. The number of nitriles is 1. The minimum absolute atomic E-state index is 0.161. The zero-order chi connectivity index (χ0) is 13.1. The number of rotatable bonds is 2. The fourth-order valence-electron chi connectivity index (χ4n) is 1.98. The standard InChI is InChI=1S/C14H13N3O/c1-9-6-10(2)14(18-3)11(7-9)12-4-5-16-13(8-15)17-12/h4-7H,1-3H3. The van der Waals surface area contributed by atoms with Crippen LogP contribution in [-0.4, -0.2) is 17.1 Å². The molecule has 0 aliphatic heterocycles. The number of methoxy groups -OCH3 is 1. The van der Waals surface area contributed by atoms with Crippen molar-refractivity contribution in [2.24, 2.45) is 0 Å². The first kappa shape index (κ1) is 12.1. The normalized spacial score (nSPS) is 9.89. The van der Waals surface area contributed by atoms with Gasteiger partial charge in [-0.15, -0.1) is 0 Å². The van der Waals surface area contributed by atoms with Crippen molar-refractivity contribution in [2.75, 3.05) is 7.11 Å². The molecule has 0 aliphatic rings. The summed E-state index contributed by atoms with van der Waals surface area (Å²) in [5.41, 5.74) is 3.75. The predicted molar refractivity (Wildman–Crippen MR) is 68.2 cm³/mol.